The highest BCUT2D eigenvalue weighted by atomic mass is 35.5. The lowest BCUT2D eigenvalue weighted by Crippen LogP contribution is -2.12. The molecule has 0 spiro atoms. The number of nitro groups is 1. The lowest BCUT2D eigenvalue weighted by Gasteiger charge is -2.10. The van der Waals surface area contributed by atoms with Gasteiger partial charge in [0.2, 0.25) is 0 Å². The maximum absolute atomic E-state index is 12.4. The highest BCUT2D eigenvalue weighted by molar-refractivity contribution is 6.34. The van der Waals surface area contributed by atoms with Crippen LogP contribution >= 0.6 is 11.6 Å². The first-order valence-corrected chi connectivity index (χ1v) is 9.05. The summed E-state index contributed by atoms with van der Waals surface area (Å²) in [5.74, 6) is -0.510. The van der Waals surface area contributed by atoms with Crippen molar-refractivity contribution >= 4 is 40.3 Å². The van der Waals surface area contributed by atoms with Gasteiger partial charge >= 0.3 is 0 Å². The van der Waals surface area contributed by atoms with E-state index in [0.717, 1.165) is 23.9 Å². The number of aryl methyl sites for hydroxylation is 1. The lowest BCUT2D eigenvalue weighted by molar-refractivity contribution is -0.384. The molecule has 0 aliphatic heterocycles. The van der Waals surface area contributed by atoms with Gasteiger partial charge in [-0.25, -0.2) is 0 Å². The Morgan fingerprint density at radius 3 is 2.11 bits per heavy atom. The van der Waals surface area contributed by atoms with Gasteiger partial charge < -0.3 is 10.6 Å². The van der Waals surface area contributed by atoms with Crippen LogP contribution in [0.25, 0.3) is 0 Å². The number of carbonyl (C=O) groups is 1. The summed E-state index contributed by atoms with van der Waals surface area (Å²) in [5.41, 5.74) is 3.52. The molecule has 142 valence electrons. The number of benzene rings is 3. The molecule has 28 heavy (non-hydrogen) atoms. The number of non-ortho nitro benzene ring substituents is 1. The van der Waals surface area contributed by atoms with E-state index < -0.39 is 10.8 Å². The predicted molar refractivity (Wildman–Crippen MR) is 112 cm³/mol. The zero-order chi connectivity index (χ0) is 20.1. The van der Waals surface area contributed by atoms with Crippen LogP contribution in [0.15, 0.2) is 66.7 Å². The molecular formula is C21H18ClN3O3. The Labute approximate surface area is 167 Å². The third-order valence-corrected chi connectivity index (χ3v) is 4.53. The van der Waals surface area contributed by atoms with Gasteiger partial charge in [-0.1, -0.05) is 30.7 Å². The van der Waals surface area contributed by atoms with Gasteiger partial charge in [0.1, 0.15) is 0 Å². The number of rotatable bonds is 6. The maximum atomic E-state index is 12.4. The number of carbonyl (C=O) groups excluding carboxylic acids is 1. The molecule has 3 rings (SSSR count). The number of hydrogen-bond donors (Lipinski definition) is 2. The molecular weight excluding hydrogens is 378 g/mol. The van der Waals surface area contributed by atoms with E-state index in [1.807, 2.05) is 24.3 Å². The number of anilines is 3. The van der Waals surface area contributed by atoms with Crippen LogP contribution in [-0.4, -0.2) is 10.8 Å². The van der Waals surface area contributed by atoms with Gasteiger partial charge in [-0.05, 0) is 54.4 Å². The molecule has 0 bridgehead atoms. The van der Waals surface area contributed by atoms with Crippen LogP contribution in [0, 0.1) is 10.1 Å². The van der Waals surface area contributed by atoms with Gasteiger partial charge in [0.15, 0.2) is 0 Å². The van der Waals surface area contributed by atoms with Crippen LogP contribution in [0.2, 0.25) is 5.02 Å². The van der Waals surface area contributed by atoms with E-state index in [1.54, 1.807) is 12.1 Å². The standard InChI is InChI=1S/C21H18ClN3O3/c1-2-14-3-5-15(6-4-14)23-16-7-9-17(10-8-16)24-21(26)19-13-18(25(27)28)11-12-20(19)22/h3-13,23H,2H2,1H3,(H,24,26). The van der Waals surface area contributed by atoms with Crippen molar-refractivity contribution in [1.29, 1.82) is 0 Å². The van der Waals surface area contributed by atoms with Crippen LogP contribution in [0.1, 0.15) is 22.8 Å². The molecule has 1 amide bonds. The van der Waals surface area contributed by atoms with E-state index in [0.29, 0.717) is 5.69 Å². The number of nitrogens with one attached hydrogen (secondary N) is 2. The second-order valence-electron chi connectivity index (χ2n) is 6.13. The van der Waals surface area contributed by atoms with Crippen LogP contribution in [0.3, 0.4) is 0 Å². The second kappa shape index (κ2) is 8.54. The third kappa shape index (κ3) is 4.66. The van der Waals surface area contributed by atoms with Crippen LogP contribution < -0.4 is 10.6 Å². The number of nitro benzene ring substituents is 1. The molecule has 0 saturated heterocycles. The minimum atomic E-state index is -0.569. The maximum Gasteiger partial charge on any atom is 0.270 e. The van der Waals surface area contributed by atoms with Crippen LogP contribution in [0.4, 0.5) is 22.7 Å². The SMILES string of the molecule is CCc1ccc(Nc2ccc(NC(=O)c3cc([N+](=O)[O-])ccc3Cl)cc2)cc1. The van der Waals surface area contributed by atoms with Crippen LogP contribution in [-0.2, 0) is 6.42 Å². The Morgan fingerprint density at radius 1 is 0.964 bits per heavy atom. The Balaban J connectivity index is 1.69. The first-order valence-electron chi connectivity index (χ1n) is 8.67. The van der Waals surface area contributed by atoms with Gasteiger partial charge in [-0.15, -0.1) is 0 Å². The Kier molecular flexibility index (Phi) is 5.91. The van der Waals surface area contributed by atoms with Gasteiger partial charge in [-0.2, -0.15) is 0 Å². The third-order valence-electron chi connectivity index (χ3n) is 4.20. The van der Waals surface area contributed by atoms with Crippen molar-refractivity contribution in [1.82, 2.24) is 0 Å². The van der Waals surface area contributed by atoms with Gasteiger partial charge in [-0.3, -0.25) is 14.9 Å². The quantitative estimate of drug-likeness (QED) is 0.407. The normalized spacial score (nSPS) is 10.4. The van der Waals surface area contributed by atoms with Crippen molar-refractivity contribution in [2.75, 3.05) is 10.6 Å². The highest BCUT2D eigenvalue weighted by Gasteiger charge is 2.16. The predicted octanol–water partition coefficient (Wildman–Crippen LogP) is 5.81. The number of nitrogens with zero attached hydrogens (tertiary/aromatic N) is 1. The molecule has 3 aromatic rings. The molecule has 0 unspecified atom stereocenters. The molecule has 7 heteroatoms. The first kappa shape index (κ1) is 19.4. The topological polar surface area (TPSA) is 84.3 Å². The largest absolute Gasteiger partial charge is 0.356 e. The first-order chi connectivity index (χ1) is 13.5. The summed E-state index contributed by atoms with van der Waals surface area (Å²) in [6.07, 6.45) is 0.989. The zero-order valence-electron chi connectivity index (χ0n) is 15.1. The molecule has 3 aromatic carbocycles. The van der Waals surface area contributed by atoms with Gasteiger partial charge in [0.05, 0.1) is 15.5 Å². The minimum absolute atomic E-state index is 0.0501. The Morgan fingerprint density at radius 2 is 1.54 bits per heavy atom. The fourth-order valence-corrected chi connectivity index (χ4v) is 2.83. The highest BCUT2D eigenvalue weighted by Crippen LogP contribution is 2.24. The molecule has 0 aliphatic carbocycles. The van der Waals surface area contributed by atoms with Crippen molar-refractivity contribution in [2.24, 2.45) is 0 Å². The molecule has 6 nitrogen and oxygen atoms in total. The van der Waals surface area contributed by atoms with E-state index in [-0.39, 0.29) is 16.3 Å². The van der Waals surface area contributed by atoms with Gasteiger partial charge in [0.25, 0.3) is 11.6 Å². The monoisotopic (exact) mass is 395 g/mol. The summed E-state index contributed by atoms with van der Waals surface area (Å²) in [6, 6.07) is 19.1. The van der Waals surface area contributed by atoms with E-state index >= 15 is 0 Å². The molecule has 0 atom stereocenters. The van der Waals surface area contributed by atoms with Crippen LogP contribution in [0.5, 0.6) is 0 Å². The molecule has 0 aliphatic rings. The minimum Gasteiger partial charge on any atom is -0.356 e. The summed E-state index contributed by atoms with van der Waals surface area (Å²) in [7, 11) is 0. The molecule has 2 N–H and O–H groups in total. The smallest absolute Gasteiger partial charge is 0.270 e. The average molecular weight is 396 g/mol. The van der Waals surface area contributed by atoms with Gasteiger partial charge in [0, 0.05) is 29.2 Å². The molecule has 0 aromatic heterocycles. The Bertz CT molecular complexity index is 1000. The van der Waals surface area contributed by atoms with Crippen molar-refractivity contribution < 1.29 is 9.72 Å². The van der Waals surface area contributed by atoms with Crippen molar-refractivity contribution in [3.63, 3.8) is 0 Å². The number of amides is 1. The fourth-order valence-electron chi connectivity index (χ4n) is 2.63. The average Bonchev–Trinajstić information content (AvgIpc) is 2.70. The van der Waals surface area contributed by atoms with E-state index in [9.17, 15) is 14.9 Å². The molecule has 0 heterocycles. The summed E-state index contributed by atoms with van der Waals surface area (Å²) < 4.78 is 0. The lowest BCUT2D eigenvalue weighted by atomic mass is 10.1. The molecule has 0 fully saturated rings. The molecule has 0 saturated carbocycles. The van der Waals surface area contributed by atoms with Crippen molar-refractivity contribution in [3.05, 3.63) is 93.0 Å². The fraction of sp³-hybridized carbons (Fsp3) is 0.0952. The molecule has 0 radical (unpaired) electrons. The van der Waals surface area contributed by atoms with E-state index in [2.05, 4.69) is 29.7 Å². The van der Waals surface area contributed by atoms with Crippen molar-refractivity contribution in [3.8, 4) is 0 Å². The Hall–Kier alpha value is -3.38. The summed E-state index contributed by atoms with van der Waals surface area (Å²) in [5, 5.41) is 17.0. The van der Waals surface area contributed by atoms with E-state index in [4.69, 9.17) is 11.6 Å². The summed E-state index contributed by atoms with van der Waals surface area (Å²) in [4.78, 5) is 22.7. The number of hydrogen-bond acceptors (Lipinski definition) is 4. The zero-order valence-corrected chi connectivity index (χ0v) is 15.9. The van der Waals surface area contributed by atoms with Crippen molar-refractivity contribution in [2.45, 2.75) is 13.3 Å². The summed E-state index contributed by atoms with van der Waals surface area (Å²) >= 11 is 6.01. The summed E-state index contributed by atoms with van der Waals surface area (Å²) in [6.45, 7) is 2.11. The van der Waals surface area contributed by atoms with E-state index in [1.165, 1.54) is 17.7 Å². The number of halogens is 1. The second-order valence-corrected chi connectivity index (χ2v) is 6.54.